The van der Waals surface area contributed by atoms with Crippen molar-refractivity contribution in [2.24, 2.45) is 0 Å². The molecule has 4 heteroatoms. The molecule has 1 N–H and O–H groups in total. The summed E-state index contributed by atoms with van der Waals surface area (Å²) in [6.45, 7) is 3.02. The van der Waals surface area contributed by atoms with Gasteiger partial charge in [-0.15, -0.1) is 12.4 Å². The van der Waals surface area contributed by atoms with Crippen LogP contribution in [0.15, 0.2) is 42.5 Å². The topological polar surface area (TPSA) is 32.3 Å². The number of nitrogens with zero attached hydrogens (tertiary/aromatic N) is 1. The van der Waals surface area contributed by atoms with Crippen LogP contribution in [0.25, 0.3) is 0 Å². The average Bonchev–Trinajstić information content (AvgIpc) is 2.53. The lowest BCUT2D eigenvalue weighted by Gasteiger charge is -2.24. The first-order valence-corrected chi connectivity index (χ1v) is 7.37. The van der Waals surface area contributed by atoms with Crippen LogP contribution >= 0.6 is 12.4 Å². The number of halogens is 1. The highest BCUT2D eigenvalue weighted by Crippen LogP contribution is 2.27. The maximum absolute atomic E-state index is 12.8. The summed E-state index contributed by atoms with van der Waals surface area (Å²) in [5.74, 6) is 0.0566. The minimum absolute atomic E-state index is 0. The van der Waals surface area contributed by atoms with Crippen molar-refractivity contribution in [1.29, 1.82) is 0 Å². The molecule has 0 aromatic heterocycles. The number of benzene rings is 2. The summed E-state index contributed by atoms with van der Waals surface area (Å²) in [7, 11) is 1.84. The Morgan fingerprint density at radius 3 is 2.73 bits per heavy atom. The number of rotatable bonds is 2. The number of nitrogens with one attached hydrogen (secondary N) is 1. The predicted molar refractivity (Wildman–Crippen MR) is 94.4 cm³/mol. The molecule has 1 aliphatic rings. The van der Waals surface area contributed by atoms with E-state index in [0.29, 0.717) is 0 Å². The van der Waals surface area contributed by atoms with Gasteiger partial charge in [-0.25, -0.2) is 0 Å². The van der Waals surface area contributed by atoms with Crippen LogP contribution in [0, 0.1) is 6.92 Å². The summed E-state index contributed by atoms with van der Waals surface area (Å²) in [4.78, 5) is 14.6. The summed E-state index contributed by atoms with van der Waals surface area (Å²) in [5.41, 5.74) is 5.15. The van der Waals surface area contributed by atoms with Gasteiger partial charge in [0.2, 0.25) is 0 Å². The molecule has 3 nitrogen and oxygen atoms in total. The van der Waals surface area contributed by atoms with Crippen molar-refractivity contribution in [3.63, 3.8) is 0 Å². The minimum Gasteiger partial charge on any atom is -0.385 e. The molecule has 116 valence electrons. The van der Waals surface area contributed by atoms with Gasteiger partial charge < -0.3 is 10.2 Å². The second kappa shape index (κ2) is 6.84. The average molecular weight is 317 g/mol. The highest BCUT2D eigenvalue weighted by molar-refractivity contribution is 6.07. The van der Waals surface area contributed by atoms with E-state index < -0.39 is 0 Å². The van der Waals surface area contributed by atoms with Crippen molar-refractivity contribution in [1.82, 2.24) is 0 Å². The molecule has 1 aliphatic heterocycles. The lowest BCUT2D eigenvalue weighted by molar-refractivity contribution is 0.0992. The molecule has 1 amide bonds. The Hall–Kier alpha value is -2.00. The molecule has 0 saturated heterocycles. The Bertz CT molecular complexity index is 685. The molecule has 0 saturated carbocycles. The first-order chi connectivity index (χ1) is 10.2. The van der Waals surface area contributed by atoms with E-state index in [9.17, 15) is 4.79 Å². The van der Waals surface area contributed by atoms with Crippen LogP contribution in [-0.2, 0) is 6.42 Å². The first-order valence-electron chi connectivity index (χ1n) is 7.37. The van der Waals surface area contributed by atoms with Gasteiger partial charge in [-0.05, 0) is 55.2 Å². The van der Waals surface area contributed by atoms with E-state index in [1.165, 1.54) is 0 Å². The lowest BCUT2D eigenvalue weighted by atomic mass is 9.96. The van der Waals surface area contributed by atoms with Crippen LogP contribution in [0.2, 0.25) is 0 Å². The standard InChI is InChI=1S/C18H20N2O.ClH/c1-13-6-3-7-14(12-13)20(2)18(21)16-8-4-10-17-15(16)9-5-11-19-17;/h3-4,6-8,10,12,19H,5,9,11H2,1-2H3;1H. The number of aryl methyl sites for hydroxylation is 1. The van der Waals surface area contributed by atoms with Crippen molar-refractivity contribution in [3.8, 4) is 0 Å². The molecule has 0 fully saturated rings. The summed E-state index contributed by atoms with van der Waals surface area (Å²) < 4.78 is 0. The highest BCUT2D eigenvalue weighted by atomic mass is 35.5. The highest BCUT2D eigenvalue weighted by Gasteiger charge is 2.20. The first kappa shape index (κ1) is 16.4. The minimum atomic E-state index is 0. The van der Waals surface area contributed by atoms with Gasteiger partial charge in [-0.2, -0.15) is 0 Å². The number of hydrogen-bond acceptors (Lipinski definition) is 2. The Kier molecular flexibility index (Phi) is 5.09. The number of anilines is 2. The Morgan fingerprint density at radius 1 is 1.18 bits per heavy atom. The number of fused-ring (bicyclic) bond motifs is 1. The molecule has 1 heterocycles. The van der Waals surface area contributed by atoms with Gasteiger partial charge in [0.1, 0.15) is 0 Å². The Labute approximate surface area is 137 Å². The van der Waals surface area contributed by atoms with Crippen molar-refractivity contribution < 1.29 is 4.79 Å². The van der Waals surface area contributed by atoms with Crippen molar-refractivity contribution >= 4 is 29.7 Å². The fraction of sp³-hybridized carbons (Fsp3) is 0.278. The van der Waals surface area contributed by atoms with E-state index in [-0.39, 0.29) is 18.3 Å². The van der Waals surface area contributed by atoms with E-state index in [0.717, 1.165) is 47.5 Å². The Morgan fingerprint density at radius 2 is 1.95 bits per heavy atom. The van der Waals surface area contributed by atoms with Gasteiger partial charge in [0, 0.05) is 30.5 Å². The molecule has 0 aliphatic carbocycles. The van der Waals surface area contributed by atoms with E-state index in [1.54, 1.807) is 4.90 Å². The van der Waals surface area contributed by atoms with Gasteiger partial charge in [0.05, 0.1) is 0 Å². The van der Waals surface area contributed by atoms with E-state index >= 15 is 0 Å². The van der Waals surface area contributed by atoms with Gasteiger partial charge in [-0.1, -0.05) is 18.2 Å². The van der Waals surface area contributed by atoms with Crippen molar-refractivity contribution in [2.75, 3.05) is 23.8 Å². The summed E-state index contributed by atoms with van der Waals surface area (Å²) in [6, 6.07) is 14.0. The number of carbonyl (C=O) groups excluding carboxylic acids is 1. The second-order valence-electron chi connectivity index (χ2n) is 5.57. The maximum atomic E-state index is 12.8. The summed E-state index contributed by atoms with van der Waals surface area (Å²) in [6.07, 6.45) is 2.04. The van der Waals surface area contributed by atoms with Gasteiger partial charge in [0.25, 0.3) is 5.91 Å². The summed E-state index contributed by atoms with van der Waals surface area (Å²) in [5, 5.41) is 3.37. The van der Waals surface area contributed by atoms with Gasteiger partial charge in [-0.3, -0.25) is 4.79 Å². The number of hydrogen-bond donors (Lipinski definition) is 1. The molecule has 0 spiro atoms. The SMILES string of the molecule is Cc1cccc(N(C)C(=O)c2cccc3c2CCCN3)c1.Cl. The Balaban J connectivity index is 0.00000176. The van der Waals surface area contributed by atoms with Crippen LogP contribution in [0.4, 0.5) is 11.4 Å². The van der Waals surface area contributed by atoms with Crippen molar-refractivity contribution in [2.45, 2.75) is 19.8 Å². The fourth-order valence-electron chi connectivity index (χ4n) is 2.84. The van der Waals surface area contributed by atoms with Crippen LogP contribution in [-0.4, -0.2) is 19.5 Å². The molecule has 3 rings (SSSR count). The monoisotopic (exact) mass is 316 g/mol. The van der Waals surface area contributed by atoms with Crippen LogP contribution in [0.1, 0.15) is 27.9 Å². The smallest absolute Gasteiger partial charge is 0.258 e. The zero-order valence-corrected chi connectivity index (χ0v) is 13.7. The number of amides is 1. The third-order valence-electron chi connectivity index (χ3n) is 4.02. The van der Waals surface area contributed by atoms with E-state index in [2.05, 4.69) is 11.4 Å². The van der Waals surface area contributed by atoms with Gasteiger partial charge in [0.15, 0.2) is 0 Å². The zero-order valence-electron chi connectivity index (χ0n) is 12.9. The molecular weight excluding hydrogens is 296 g/mol. The molecule has 0 unspecified atom stereocenters. The molecule has 22 heavy (non-hydrogen) atoms. The molecule has 0 atom stereocenters. The van der Waals surface area contributed by atoms with Crippen molar-refractivity contribution in [3.05, 3.63) is 59.2 Å². The van der Waals surface area contributed by atoms with Crippen LogP contribution in [0.5, 0.6) is 0 Å². The molecule has 0 radical (unpaired) electrons. The maximum Gasteiger partial charge on any atom is 0.258 e. The van der Waals surface area contributed by atoms with Gasteiger partial charge >= 0.3 is 0 Å². The zero-order chi connectivity index (χ0) is 14.8. The third kappa shape index (κ3) is 3.09. The second-order valence-corrected chi connectivity index (χ2v) is 5.57. The molecule has 2 aromatic carbocycles. The lowest BCUT2D eigenvalue weighted by Crippen LogP contribution is -2.28. The predicted octanol–water partition coefficient (Wildman–Crippen LogP) is 4.05. The summed E-state index contributed by atoms with van der Waals surface area (Å²) >= 11 is 0. The van der Waals surface area contributed by atoms with E-state index in [1.807, 2.05) is 50.4 Å². The third-order valence-corrected chi connectivity index (χ3v) is 4.02. The fourth-order valence-corrected chi connectivity index (χ4v) is 2.84. The molecule has 0 bridgehead atoms. The number of carbonyl (C=O) groups is 1. The van der Waals surface area contributed by atoms with E-state index in [4.69, 9.17) is 0 Å². The normalized spacial score (nSPS) is 12.6. The van der Waals surface area contributed by atoms with Crippen LogP contribution in [0.3, 0.4) is 0 Å². The molecular formula is C18H21ClN2O. The quantitative estimate of drug-likeness (QED) is 0.906. The largest absolute Gasteiger partial charge is 0.385 e. The molecule has 2 aromatic rings. The van der Waals surface area contributed by atoms with Crippen LogP contribution < -0.4 is 10.2 Å².